The van der Waals surface area contributed by atoms with Gasteiger partial charge in [0.15, 0.2) is 11.6 Å². The highest BCUT2D eigenvalue weighted by Crippen LogP contribution is 2.34. The van der Waals surface area contributed by atoms with Crippen LogP contribution in [0.5, 0.6) is 5.75 Å². The van der Waals surface area contributed by atoms with Crippen molar-refractivity contribution >= 4 is 5.97 Å². The van der Waals surface area contributed by atoms with Crippen molar-refractivity contribution in [2.24, 2.45) is 0 Å². The maximum Gasteiger partial charge on any atom is 0.341 e. The molecule has 0 heterocycles. The zero-order chi connectivity index (χ0) is 20.1. The van der Waals surface area contributed by atoms with Gasteiger partial charge in [0, 0.05) is 0 Å². The summed E-state index contributed by atoms with van der Waals surface area (Å²) < 4.78 is 38.7. The number of allylic oxidation sites excluding steroid dienone is 1. The third-order valence-corrected chi connectivity index (χ3v) is 5.09. The Bertz CT molecular complexity index is 851. The molecule has 1 fully saturated rings. The molecule has 0 amide bonds. The van der Waals surface area contributed by atoms with Crippen molar-refractivity contribution in [2.75, 3.05) is 0 Å². The Labute approximate surface area is 164 Å². The van der Waals surface area contributed by atoms with E-state index in [-0.39, 0.29) is 11.9 Å². The van der Waals surface area contributed by atoms with Crippen LogP contribution in [0.3, 0.4) is 0 Å². The minimum Gasteiger partial charge on any atom is -0.462 e. The van der Waals surface area contributed by atoms with Crippen LogP contribution in [-0.2, 0) is 4.74 Å². The molecule has 0 unspecified atom stereocenters. The van der Waals surface area contributed by atoms with Crippen LogP contribution in [0, 0.1) is 18.6 Å². The van der Waals surface area contributed by atoms with Gasteiger partial charge in [-0.3, -0.25) is 0 Å². The van der Waals surface area contributed by atoms with E-state index in [9.17, 15) is 13.6 Å². The Morgan fingerprint density at radius 2 is 1.68 bits per heavy atom. The van der Waals surface area contributed by atoms with Crippen LogP contribution in [0.15, 0.2) is 48.7 Å². The van der Waals surface area contributed by atoms with E-state index in [0.29, 0.717) is 18.8 Å². The summed E-state index contributed by atoms with van der Waals surface area (Å²) >= 11 is 0. The fourth-order valence-corrected chi connectivity index (χ4v) is 3.49. The Morgan fingerprint density at radius 3 is 2.32 bits per heavy atom. The lowest BCUT2D eigenvalue weighted by Gasteiger charge is -2.28. The van der Waals surface area contributed by atoms with Crippen molar-refractivity contribution in [3.63, 3.8) is 0 Å². The number of ether oxygens (including phenoxy) is 2. The molecule has 0 aromatic heterocycles. The minimum atomic E-state index is -1.25. The van der Waals surface area contributed by atoms with Crippen LogP contribution in [0.4, 0.5) is 8.78 Å². The number of hydrogen-bond acceptors (Lipinski definition) is 3. The standard InChI is InChI=1S/C23H24F2O3/c1-3-14-27-20-13-12-19(21(24)22(20)25)23(26)28-18-10-8-17(9-11-18)16-6-4-15(2)5-7-16/h3-7,12-14,17-18H,8-11H2,1-2H3/b14-3+. The second-order valence-corrected chi connectivity index (χ2v) is 7.12. The first kappa shape index (κ1) is 20.1. The van der Waals surface area contributed by atoms with Crippen LogP contribution >= 0.6 is 0 Å². The fourth-order valence-electron chi connectivity index (χ4n) is 3.49. The second-order valence-electron chi connectivity index (χ2n) is 7.12. The highest BCUT2D eigenvalue weighted by Gasteiger charge is 2.27. The molecular weight excluding hydrogens is 362 g/mol. The summed E-state index contributed by atoms with van der Waals surface area (Å²) in [6.45, 7) is 3.74. The molecule has 0 bridgehead atoms. The maximum absolute atomic E-state index is 14.2. The molecular formula is C23H24F2O3. The molecule has 0 spiro atoms. The van der Waals surface area contributed by atoms with Crippen molar-refractivity contribution in [1.29, 1.82) is 0 Å². The largest absolute Gasteiger partial charge is 0.462 e. The van der Waals surface area contributed by atoms with Crippen molar-refractivity contribution < 1.29 is 23.0 Å². The van der Waals surface area contributed by atoms with Gasteiger partial charge >= 0.3 is 5.97 Å². The zero-order valence-electron chi connectivity index (χ0n) is 16.1. The SMILES string of the molecule is C/C=C/Oc1ccc(C(=O)OC2CCC(c3ccc(C)cc3)CC2)c(F)c1F. The van der Waals surface area contributed by atoms with Gasteiger partial charge in [0.25, 0.3) is 0 Å². The number of aryl methyl sites for hydroxylation is 1. The summed E-state index contributed by atoms with van der Waals surface area (Å²) in [6, 6.07) is 10.9. The van der Waals surface area contributed by atoms with Crippen LogP contribution in [-0.4, -0.2) is 12.1 Å². The van der Waals surface area contributed by atoms with Gasteiger partial charge in [-0.05, 0) is 63.1 Å². The lowest BCUT2D eigenvalue weighted by atomic mass is 9.82. The summed E-state index contributed by atoms with van der Waals surface area (Å²) in [7, 11) is 0. The molecule has 1 saturated carbocycles. The van der Waals surface area contributed by atoms with Gasteiger partial charge < -0.3 is 9.47 Å². The Hall–Kier alpha value is -2.69. The lowest BCUT2D eigenvalue weighted by Crippen LogP contribution is -2.24. The van der Waals surface area contributed by atoms with E-state index >= 15 is 0 Å². The van der Waals surface area contributed by atoms with E-state index in [4.69, 9.17) is 9.47 Å². The van der Waals surface area contributed by atoms with Gasteiger partial charge in [-0.25, -0.2) is 9.18 Å². The van der Waals surface area contributed by atoms with Gasteiger partial charge in [0.05, 0.1) is 11.8 Å². The molecule has 0 saturated heterocycles. The first-order valence-electron chi connectivity index (χ1n) is 9.53. The maximum atomic E-state index is 14.2. The minimum absolute atomic E-state index is 0.272. The third-order valence-electron chi connectivity index (χ3n) is 5.09. The first-order chi connectivity index (χ1) is 13.5. The molecule has 3 nitrogen and oxygen atoms in total. The second kappa shape index (κ2) is 9.00. The van der Waals surface area contributed by atoms with E-state index in [1.165, 1.54) is 29.5 Å². The average molecular weight is 386 g/mol. The average Bonchev–Trinajstić information content (AvgIpc) is 2.70. The smallest absolute Gasteiger partial charge is 0.341 e. The normalized spacial score (nSPS) is 19.6. The highest BCUT2D eigenvalue weighted by atomic mass is 19.2. The Balaban J connectivity index is 1.60. The van der Waals surface area contributed by atoms with Crippen LogP contribution in [0.2, 0.25) is 0 Å². The van der Waals surface area contributed by atoms with E-state index in [0.717, 1.165) is 12.8 Å². The molecule has 2 aromatic rings. The number of carbonyl (C=O) groups is 1. The Kier molecular flexibility index (Phi) is 6.45. The molecule has 2 aromatic carbocycles. The molecule has 0 atom stereocenters. The molecule has 3 rings (SSSR count). The van der Waals surface area contributed by atoms with Crippen molar-refractivity contribution in [3.05, 3.63) is 77.1 Å². The summed E-state index contributed by atoms with van der Waals surface area (Å²) in [5.41, 5.74) is 2.11. The van der Waals surface area contributed by atoms with Crippen LogP contribution in [0.1, 0.15) is 60.0 Å². The van der Waals surface area contributed by atoms with Crippen LogP contribution in [0.25, 0.3) is 0 Å². The molecule has 0 radical (unpaired) electrons. The van der Waals surface area contributed by atoms with E-state index < -0.39 is 23.2 Å². The van der Waals surface area contributed by atoms with Crippen molar-refractivity contribution in [1.82, 2.24) is 0 Å². The first-order valence-corrected chi connectivity index (χ1v) is 9.53. The summed E-state index contributed by atoms with van der Waals surface area (Å²) in [4.78, 5) is 12.3. The molecule has 0 aliphatic heterocycles. The van der Waals surface area contributed by atoms with Gasteiger partial charge in [0.2, 0.25) is 5.82 Å². The van der Waals surface area contributed by atoms with Gasteiger partial charge in [-0.2, -0.15) is 4.39 Å². The van der Waals surface area contributed by atoms with Crippen molar-refractivity contribution in [2.45, 2.75) is 51.6 Å². The van der Waals surface area contributed by atoms with E-state index in [2.05, 4.69) is 31.2 Å². The number of carbonyl (C=O) groups excluding carboxylic acids is 1. The summed E-state index contributed by atoms with van der Waals surface area (Å²) in [5.74, 6) is -3.12. The predicted molar refractivity (Wildman–Crippen MR) is 103 cm³/mol. The zero-order valence-corrected chi connectivity index (χ0v) is 16.1. The molecule has 28 heavy (non-hydrogen) atoms. The number of halogens is 2. The highest BCUT2D eigenvalue weighted by molar-refractivity contribution is 5.90. The van der Waals surface area contributed by atoms with E-state index in [1.807, 2.05) is 0 Å². The molecule has 1 aliphatic carbocycles. The number of hydrogen-bond donors (Lipinski definition) is 0. The van der Waals surface area contributed by atoms with E-state index in [1.54, 1.807) is 13.0 Å². The lowest BCUT2D eigenvalue weighted by molar-refractivity contribution is 0.0189. The quantitative estimate of drug-likeness (QED) is 0.462. The monoisotopic (exact) mass is 386 g/mol. The summed E-state index contributed by atoms with van der Waals surface area (Å²) in [6.07, 6.45) is 5.71. The molecule has 148 valence electrons. The van der Waals surface area contributed by atoms with Gasteiger partial charge in [0.1, 0.15) is 6.10 Å². The Morgan fingerprint density at radius 1 is 1.00 bits per heavy atom. The molecule has 0 N–H and O–H groups in total. The van der Waals surface area contributed by atoms with Gasteiger partial charge in [-0.15, -0.1) is 0 Å². The molecule has 1 aliphatic rings. The fraction of sp³-hybridized carbons (Fsp3) is 0.348. The number of benzene rings is 2. The number of esters is 1. The topological polar surface area (TPSA) is 35.5 Å². The van der Waals surface area contributed by atoms with Gasteiger partial charge in [-0.1, -0.05) is 35.9 Å². The van der Waals surface area contributed by atoms with Crippen molar-refractivity contribution in [3.8, 4) is 5.75 Å². The predicted octanol–water partition coefficient (Wildman–Crippen LogP) is 6.07. The summed E-state index contributed by atoms with van der Waals surface area (Å²) in [5, 5.41) is 0. The third kappa shape index (κ3) is 4.58. The number of rotatable bonds is 5. The molecule has 5 heteroatoms. The van der Waals surface area contributed by atoms with Crippen LogP contribution < -0.4 is 4.74 Å².